The van der Waals surface area contributed by atoms with Crippen LogP contribution in [0.1, 0.15) is 18.1 Å². The van der Waals surface area contributed by atoms with Crippen molar-refractivity contribution in [1.29, 1.82) is 0 Å². The molecule has 0 aliphatic carbocycles. The number of nitrogens with one attached hydrogen (secondary N) is 1. The van der Waals surface area contributed by atoms with E-state index < -0.39 is 0 Å². The lowest BCUT2D eigenvalue weighted by Gasteiger charge is -2.08. The molecule has 0 fully saturated rings. The molecule has 0 unspecified atom stereocenters. The van der Waals surface area contributed by atoms with Gasteiger partial charge < -0.3 is 11.1 Å². The fourth-order valence-electron chi connectivity index (χ4n) is 1.66. The fraction of sp³-hybridized carbons (Fsp3) is 0.214. The van der Waals surface area contributed by atoms with Gasteiger partial charge in [0.2, 0.25) is 0 Å². The summed E-state index contributed by atoms with van der Waals surface area (Å²) in [5.41, 5.74) is 8.69. The number of pyridine rings is 1. The molecule has 2 aromatic rings. The molecule has 0 aliphatic rings. The molecule has 94 valence electrons. The van der Waals surface area contributed by atoms with Crippen LogP contribution in [-0.2, 0) is 13.0 Å². The largest absolute Gasteiger partial charge is 0.397 e. The maximum absolute atomic E-state index is 6.04. The first-order chi connectivity index (χ1) is 8.69. The van der Waals surface area contributed by atoms with Gasteiger partial charge in [0.1, 0.15) is 5.82 Å². The second-order valence-corrected chi connectivity index (χ2v) is 4.53. The molecule has 1 aromatic carbocycles. The van der Waals surface area contributed by atoms with Gasteiger partial charge in [0.05, 0.1) is 16.9 Å². The third-order valence-electron chi connectivity index (χ3n) is 2.75. The summed E-state index contributed by atoms with van der Waals surface area (Å²) in [6.07, 6.45) is 2.65. The van der Waals surface area contributed by atoms with Gasteiger partial charge in [0.25, 0.3) is 0 Å². The van der Waals surface area contributed by atoms with E-state index in [2.05, 4.69) is 41.5 Å². The quantitative estimate of drug-likeness (QED) is 0.886. The molecule has 3 N–H and O–H groups in total. The van der Waals surface area contributed by atoms with Crippen LogP contribution >= 0.6 is 11.6 Å². The Kier molecular flexibility index (Phi) is 4.05. The lowest BCUT2D eigenvalue weighted by Crippen LogP contribution is -2.02. The zero-order valence-electron chi connectivity index (χ0n) is 10.3. The predicted molar refractivity (Wildman–Crippen MR) is 76.8 cm³/mol. The number of nitrogen functional groups attached to an aromatic ring is 1. The van der Waals surface area contributed by atoms with Crippen molar-refractivity contribution in [3.05, 3.63) is 52.7 Å². The number of hydrogen-bond donors (Lipinski definition) is 2. The van der Waals surface area contributed by atoms with Gasteiger partial charge in [0, 0.05) is 6.54 Å². The maximum Gasteiger partial charge on any atom is 0.145 e. The van der Waals surface area contributed by atoms with Gasteiger partial charge >= 0.3 is 0 Å². The molecule has 0 saturated heterocycles. The molecular formula is C14H16ClN3. The van der Waals surface area contributed by atoms with E-state index in [4.69, 9.17) is 17.3 Å². The number of hydrogen-bond acceptors (Lipinski definition) is 3. The predicted octanol–water partition coefficient (Wildman–Crippen LogP) is 3.49. The van der Waals surface area contributed by atoms with Gasteiger partial charge in [-0.3, -0.25) is 0 Å². The highest BCUT2D eigenvalue weighted by Crippen LogP contribution is 2.21. The topological polar surface area (TPSA) is 50.9 Å². The summed E-state index contributed by atoms with van der Waals surface area (Å²) in [5.74, 6) is 0.658. The van der Waals surface area contributed by atoms with Crippen LogP contribution < -0.4 is 11.1 Å². The molecule has 3 nitrogen and oxygen atoms in total. The van der Waals surface area contributed by atoms with Gasteiger partial charge in [-0.15, -0.1) is 0 Å². The minimum atomic E-state index is 0.542. The molecule has 0 bridgehead atoms. The molecule has 0 saturated carbocycles. The highest BCUT2D eigenvalue weighted by Gasteiger charge is 2.02. The molecular weight excluding hydrogens is 246 g/mol. The van der Waals surface area contributed by atoms with Crippen molar-refractivity contribution in [2.24, 2.45) is 0 Å². The molecule has 1 aromatic heterocycles. The second kappa shape index (κ2) is 5.74. The van der Waals surface area contributed by atoms with E-state index in [-0.39, 0.29) is 0 Å². The van der Waals surface area contributed by atoms with E-state index in [9.17, 15) is 0 Å². The molecule has 0 spiro atoms. The van der Waals surface area contributed by atoms with E-state index in [1.807, 2.05) is 0 Å². The lowest BCUT2D eigenvalue weighted by molar-refractivity contribution is 1.09. The lowest BCUT2D eigenvalue weighted by atomic mass is 10.1. The Morgan fingerprint density at radius 3 is 2.50 bits per heavy atom. The van der Waals surface area contributed by atoms with Crippen LogP contribution in [0.2, 0.25) is 5.02 Å². The van der Waals surface area contributed by atoms with Gasteiger partial charge in [0.15, 0.2) is 0 Å². The summed E-state index contributed by atoms with van der Waals surface area (Å²) in [6, 6.07) is 10.2. The van der Waals surface area contributed by atoms with Gasteiger partial charge in [-0.25, -0.2) is 4.98 Å². The highest BCUT2D eigenvalue weighted by atomic mass is 35.5. The molecule has 0 atom stereocenters. The molecule has 0 aliphatic heterocycles. The first-order valence-electron chi connectivity index (χ1n) is 5.91. The van der Waals surface area contributed by atoms with Gasteiger partial charge in [-0.05, 0) is 23.6 Å². The van der Waals surface area contributed by atoms with Gasteiger partial charge in [-0.1, -0.05) is 42.8 Å². The Morgan fingerprint density at radius 1 is 1.22 bits per heavy atom. The van der Waals surface area contributed by atoms with Crippen molar-refractivity contribution in [1.82, 2.24) is 4.98 Å². The van der Waals surface area contributed by atoms with Crippen molar-refractivity contribution in [3.63, 3.8) is 0 Å². The smallest absolute Gasteiger partial charge is 0.145 e. The van der Waals surface area contributed by atoms with Crippen LogP contribution in [0, 0.1) is 0 Å². The van der Waals surface area contributed by atoms with Crippen LogP contribution in [0.25, 0.3) is 0 Å². The standard InChI is InChI=1S/C14H16ClN3/c1-2-10-3-5-11(6-4-10)8-17-14-13(15)7-12(16)9-18-14/h3-7,9H,2,8,16H2,1H3,(H,17,18). The van der Waals surface area contributed by atoms with Crippen molar-refractivity contribution >= 4 is 23.1 Å². The van der Waals surface area contributed by atoms with Crippen LogP contribution in [0.3, 0.4) is 0 Å². The number of benzene rings is 1. The Labute approximate surface area is 112 Å². The number of anilines is 2. The Balaban J connectivity index is 2.02. The highest BCUT2D eigenvalue weighted by molar-refractivity contribution is 6.33. The summed E-state index contributed by atoms with van der Waals surface area (Å²) in [4.78, 5) is 4.16. The summed E-state index contributed by atoms with van der Waals surface area (Å²) in [7, 11) is 0. The fourth-order valence-corrected chi connectivity index (χ4v) is 1.90. The van der Waals surface area contributed by atoms with Crippen molar-refractivity contribution < 1.29 is 0 Å². The first-order valence-corrected chi connectivity index (χ1v) is 6.29. The number of halogens is 1. The monoisotopic (exact) mass is 261 g/mol. The van der Waals surface area contributed by atoms with E-state index in [1.165, 1.54) is 11.1 Å². The third-order valence-corrected chi connectivity index (χ3v) is 3.04. The van der Waals surface area contributed by atoms with E-state index in [0.29, 0.717) is 23.1 Å². The van der Waals surface area contributed by atoms with Crippen LogP contribution in [0.5, 0.6) is 0 Å². The number of rotatable bonds is 4. The minimum absolute atomic E-state index is 0.542. The number of nitrogens with zero attached hydrogens (tertiary/aromatic N) is 1. The molecule has 4 heteroatoms. The van der Waals surface area contributed by atoms with Gasteiger partial charge in [-0.2, -0.15) is 0 Å². The van der Waals surface area contributed by atoms with E-state index in [1.54, 1.807) is 12.3 Å². The zero-order chi connectivity index (χ0) is 13.0. The van der Waals surface area contributed by atoms with Crippen LogP contribution in [0.4, 0.5) is 11.5 Å². The summed E-state index contributed by atoms with van der Waals surface area (Å²) in [5, 5.41) is 3.74. The molecule has 2 rings (SSSR count). The first kappa shape index (κ1) is 12.7. The second-order valence-electron chi connectivity index (χ2n) is 4.12. The van der Waals surface area contributed by atoms with Crippen molar-refractivity contribution in [2.75, 3.05) is 11.1 Å². The summed E-state index contributed by atoms with van der Waals surface area (Å²) >= 11 is 6.04. The Hall–Kier alpha value is -1.74. The van der Waals surface area contributed by atoms with Crippen molar-refractivity contribution in [3.8, 4) is 0 Å². The Bertz CT molecular complexity index is 523. The Morgan fingerprint density at radius 2 is 1.89 bits per heavy atom. The van der Waals surface area contributed by atoms with Crippen LogP contribution in [-0.4, -0.2) is 4.98 Å². The maximum atomic E-state index is 6.04. The third kappa shape index (κ3) is 3.14. The number of aromatic nitrogens is 1. The molecule has 0 amide bonds. The summed E-state index contributed by atoms with van der Waals surface area (Å²) in [6.45, 7) is 2.84. The number of aryl methyl sites for hydroxylation is 1. The molecule has 18 heavy (non-hydrogen) atoms. The average Bonchev–Trinajstić information content (AvgIpc) is 2.38. The summed E-state index contributed by atoms with van der Waals surface area (Å²) < 4.78 is 0. The minimum Gasteiger partial charge on any atom is -0.397 e. The van der Waals surface area contributed by atoms with Crippen molar-refractivity contribution in [2.45, 2.75) is 19.9 Å². The molecule has 1 heterocycles. The van der Waals surface area contributed by atoms with Crippen LogP contribution in [0.15, 0.2) is 36.5 Å². The normalized spacial score (nSPS) is 10.3. The zero-order valence-corrected chi connectivity index (χ0v) is 11.0. The number of nitrogens with two attached hydrogens (primary N) is 1. The SMILES string of the molecule is CCc1ccc(CNc2ncc(N)cc2Cl)cc1. The average molecular weight is 262 g/mol. The van der Waals surface area contributed by atoms with E-state index >= 15 is 0 Å². The van der Waals surface area contributed by atoms with E-state index in [0.717, 1.165) is 6.42 Å². The molecule has 0 radical (unpaired) electrons.